The molecular formula is C22H27ClFN3O3S. The van der Waals surface area contributed by atoms with Gasteiger partial charge >= 0.3 is 0 Å². The minimum absolute atomic E-state index is 0.00928. The molecule has 0 atom stereocenters. The Bertz CT molecular complexity index is 1020. The van der Waals surface area contributed by atoms with Crippen LogP contribution in [0.2, 0.25) is 5.02 Å². The highest BCUT2D eigenvalue weighted by Crippen LogP contribution is 2.25. The van der Waals surface area contributed by atoms with Crippen LogP contribution in [0.4, 0.5) is 15.8 Å². The number of anilines is 2. The van der Waals surface area contributed by atoms with Gasteiger partial charge in [0.05, 0.1) is 11.9 Å². The van der Waals surface area contributed by atoms with Gasteiger partial charge in [-0.05, 0) is 55.3 Å². The van der Waals surface area contributed by atoms with Crippen LogP contribution in [0, 0.1) is 12.7 Å². The fourth-order valence-corrected chi connectivity index (χ4v) is 4.88. The highest BCUT2D eigenvalue weighted by molar-refractivity contribution is 7.92. The molecule has 1 fully saturated rings. The number of aryl methyl sites for hydroxylation is 1. The number of rotatable bonds is 7. The third-order valence-electron chi connectivity index (χ3n) is 5.41. The first-order valence-electron chi connectivity index (χ1n) is 10.2. The van der Waals surface area contributed by atoms with Gasteiger partial charge in [-0.2, -0.15) is 0 Å². The maximum Gasteiger partial charge on any atom is 0.232 e. The number of halogens is 2. The maximum absolute atomic E-state index is 13.2. The van der Waals surface area contributed by atoms with E-state index >= 15 is 0 Å². The molecule has 9 heteroatoms. The lowest BCUT2D eigenvalue weighted by Crippen LogP contribution is -2.49. The van der Waals surface area contributed by atoms with E-state index in [2.05, 4.69) is 4.90 Å². The zero-order valence-electron chi connectivity index (χ0n) is 17.7. The van der Waals surface area contributed by atoms with Gasteiger partial charge in [0.25, 0.3) is 0 Å². The zero-order chi connectivity index (χ0) is 22.6. The highest BCUT2D eigenvalue weighted by atomic mass is 35.5. The number of sulfonamides is 1. The largest absolute Gasteiger partial charge is 0.368 e. The first-order chi connectivity index (χ1) is 14.6. The van der Waals surface area contributed by atoms with Gasteiger partial charge in [0.15, 0.2) is 0 Å². The summed E-state index contributed by atoms with van der Waals surface area (Å²) in [5, 5.41) is 0.690. The Labute approximate surface area is 188 Å². The van der Waals surface area contributed by atoms with E-state index in [9.17, 15) is 17.6 Å². The fraction of sp³-hybridized carbons (Fsp3) is 0.409. The van der Waals surface area contributed by atoms with Crippen molar-refractivity contribution in [2.75, 3.05) is 48.2 Å². The Morgan fingerprint density at radius 2 is 1.74 bits per heavy atom. The summed E-state index contributed by atoms with van der Waals surface area (Å²) < 4.78 is 38.6. The van der Waals surface area contributed by atoms with Crippen LogP contribution in [0.15, 0.2) is 42.5 Å². The number of carbonyl (C=O) groups is 1. The molecule has 1 aliphatic rings. The number of benzene rings is 2. The number of carbonyl (C=O) groups excluding carboxylic acids is 1. The SMILES string of the molecule is Cc1ccc(Cl)cc1N1CCN(C(=O)CCCN(c2ccc(F)cc2)S(C)(=O)=O)CC1. The Morgan fingerprint density at radius 3 is 2.35 bits per heavy atom. The van der Waals surface area contributed by atoms with Crippen LogP contribution in [0.25, 0.3) is 0 Å². The lowest BCUT2D eigenvalue weighted by molar-refractivity contribution is -0.131. The summed E-state index contributed by atoms with van der Waals surface area (Å²) in [5.41, 5.74) is 2.62. The molecule has 2 aromatic carbocycles. The first kappa shape index (κ1) is 23.3. The monoisotopic (exact) mass is 467 g/mol. The van der Waals surface area contributed by atoms with Crippen molar-refractivity contribution in [3.8, 4) is 0 Å². The zero-order valence-corrected chi connectivity index (χ0v) is 19.3. The molecular weight excluding hydrogens is 441 g/mol. The van der Waals surface area contributed by atoms with Gasteiger partial charge in [0.1, 0.15) is 5.82 Å². The molecule has 0 radical (unpaired) electrons. The molecule has 0 saturated carbocycles. The molecule has 2 aromatic rings. The Morgan fingerprint density at radius 1 is 1.10 bits per heavy atom. The van der Waals surface area contributed by atoms with Gasteiger partial charge in [-0.1, -0.05) is 17.7 Å². The number of hydrogen-bond acceptors (Lipinski definition) is 4. The number of piperazine rings is 1. The summed E-state index contributed by atoms with van der Waals surface area (Å²) in [6.07, 6.45) is 1.75. The topological polar surface area (TPSA) is 60.9 Å². The van der Waals surface area contributed by atoms with E-state index in [0.29, 0.717) is 30.2 Å². The summed E-state index contributed by atoms with van der Waals surface area (Å²) >= 11 is 6.13. The molecule has 31 heavy (non-hydrogen) atoms. The molecule has 0 unspecified atom stereocenters. The minimum atomic E-state index is -3.53. The summed E-state index contributed by atoms with van der Waals surface area (Å²) in [7, 11) is -3.53. The smallest absolute Gasteiger partial charge is 0.232 e. The van der Waals surface area contributed by atoms with Crippen LogP contribution in [0.5, 0.6) is 0 Å². The van der Waals surface area contributed by atoms with Crippen molar-refractivity contribution in [3.05, 3.63) is 58.9 Å². The molecule has 168 valence electrons. The third-order valence-corrected chi connectivity index (χ3v) is 6.84. The van der Waals surface area contributed by atoms with Crippen molar-refractivity contribution < 1.29 is 17.6 Å². The average Bonchev–Trinajstić information content (AvgIpc) is 2.73. The molecule has 1 amide bonds. The van der Waals surface area contributed by atoms with Crippen LogP contribution in [-0.2, 0) is 14.8 Å². The summed E-state index contributed by atoms with van der Waals surface area (Å²) in [5.74, 6) is -0.422. The predicted octanol–water partition coefficient (Wildman–Crippen LogP) is 3.68. The van der Waals surface area contributed by atoms with E-state index in [-0.39, 0.29) is 18.9 Å². The van der Waals surface area contributed by atoms with Gasteiger partial charge in [-0.25, -0.2) is 12.8 Å². The molecule has 0 aliphatic carbocycles. The highest BCUT2D eigenvalue weighted by Gasteiger charge is 2.23. The summed E-state index contributed by atoms with van der Waals surface area (Å²) in [6.45, 7) is 4.86. The van der Waals surface area contributed by atoms with Crippen LogP contribution in [0.1, 0.15) is 18.4 Å². The van der Waals surface area contributed by atoms with Crippen molar-refractivity contribution in [1.29, 1.82) is 0 Å². The van der Waals surface area contributed by atoms with Crippen LogP contribution in [0.3, 0.4) is 0 Å². The van der Waals surface area contributed by atoms with Crippen molar-refractivity contribution in [1.82, 2.24) is 4.90 Å². The minimum Gasteiger partial charge on any atom is -0.368 e. The number of amides is 1. The molecule has 6 nitrogen and oxygen atoms in total. The summed E-state index contributed by atoms with van der Waals surface area (Å²) in [6, 6.07) is 11.1. The molecule has 1 heterocycles. The fourth-order valence-electron chi connectivity index (χ4n) is 3.75. The quantitative estimate of drug-likeness (QED) is 0.623. The second-order valence-corrected chi connectivity index (χ2v) is 10.1. The number of hydrogen-bond donors (Lipinski definition) is 0. The van der Waals surface area contributed by atoms with Gasteiger partial charge < -0.3 is 9.80 Å². The normalized spacial score (nSPS) is 14.6. The molecule has 1 saturated heterocycles. The third kappa shape index (κ3) is 6.11. The number of nitrogens with zero attached hydrogens (tertiary/aromatic N) is 3. The second-order valence-electron chi connectivity index (χ2n) is 7.71. The molecule has 0 spiro atoms. The van der Waals surface area contributed by atoms with Crippen molar-refractivity contribution in [2.24, 2.45) is 0 Å². The molecule has 0 aromatic heterocycles. The molecule has 1 aliphatic heterocycles. The summed E-state index contributed by atoms with van der Waals surface area (Å²) in [4.78, 5) is 16.7. The van der Waals surface area contributed by atoms with E-state index in [0.717, 1.165) is 30.6 Å². The molecule has 0 N–H and O–H groups in total. The Balaban J connectivity index is 1.53. The second kappa shape index (κ2) is 9.87. The van der Waals surface area contributed by atoms with E-state index in [1.54, 1.807) is 0 Å². The van der Waals surface area contributed by atoms with Crippen molar-refractivity contribution >= 4 is 38.9 Å². The van der Waals surface area contributed by atoms with Crippen LogP contribution < -0.4 is 9.21 Å². The van der Waals surface area contributed by atoms with Crippen LogP contribution in [-0.4, -0.2) is 58.2 Å². The van der Waals surface area contributed by atoms with E-state index in [4.69, 9.17) is 11.6 Å². The Hall–Kier alpha value is -2.32. The Kier molecular flexibility index (Phi) is 7.43. The van der Waals surface area contributed by atoms with Crippen molar-refractivity contribution in [3.63, 3.8) is 0 Å². The average molecular weight is 468 g/mol. The van der Waals surface area contributed by atoms with Crippen molar-refractivity contribution in [2.45, 2.75) is 19.8 Å². The van der Waals surface area contributed by atoms with E-state index in [1.165, 1.54) is 28.6 Å². The van der Waals surface area contributed by atoms with Gasteiger partial charge in [0, 0.05) is 49.9 Å². The lowest BCUT2D eigenvalue weighted by Gasteiger charge is -2.37. The van der Waals surface area contributed by atoms with E-state index in [1.807, 2.05) is 30.0 Å². The predicted molar refractivity (Wildman–Crippen MR) is 123 cm³/mol. The van der Waals surface area contributed by atoms with E-state index < -0.39 is 15.8 Å². The first-order valence-corrected chi connectivity index (χ1v) is 12.4. The molecule has 0 bridgehead atoms. The van der Waals surface area contributed by atoms with Gasteiger partial charge in [0.2, 0.25) is 15.9 Å². The van der Waals surface area contributed by atoms with Gasteiger partial charge in [-0.3, -0.25) is 9.10 Å². The molecule has 3 rings (SSSR count). The standard InChI is InChI=1S/C22H27ClFN3O3S/c1-17-5-6-18(23)16-21(17)25-12-14-26(15-13-25)22(28)4-3-11-27(31(2,29)30)20-9-7-19(24)8-10-20/h5-10,16H,3-4,11-15H2,1-2H3. The maximum atomic E-state index is 13.2. The van der Waals surface area contributed by atoms with Gasteiger partial charge in [-0.15, -0.1) is 0 Å². The lowest BCUT2D eigenvalue weighted by atomic mass is 10.1. The van der Waals surface area contributed by atoms with Crippen LogP contribution >= 0.6 is 11.6 Å².